The van der Waals surface area contributed by atoms with Crippen LogP contribution in [0.3, 0.4) is 0 Å². The summed E-state index contributed by atoms with van der Waals surface area (Å²) in [6.45, 7) is 1.81. The highest BCUT2D eigenvalue weighted by atomic mass is 16.5. The standard InChI is InChI=1S/C8H11B2NO3/c1-5(14-2)8-7(9)3-6(4-11-8)10(12)13/h3-5,12-13H,1-2H3. The average Bonchev–Trinajstić information content (AvgIpc) is 2.16. The number of aromatic nitrogens is 1. The Labute approximate surface area is 84.5 Å². The first kappa shape index (κ1) is 11.2. The average molecular weight is 191 g/mol. The summed E-state index contributed by atoms with van der Waals surface area (Å²) >= 11 is 0. The van der Waals surface area contributed by atoms with Crippen LogP contribution in [-0.4, -0.2) is 37.1 Å². The van der Waals surface area contributed by atoms with Crippen molar-refractivity contribution in [2.24, 2.45) is 0 Å². The molecule has 2 radical (unpaired) electrons. The lowest BCUT2D eigenvalue weighted by atomic mass is 9.78. The summed E-state index contributed by atoms with van der Waals surface area (Å²) in [6, 6.07) is 1.47. The zero-order chi connectivity index (χ0) is 10.7. The van der Waals surface area contributed by atoms with Crippen molar-refractivity contribution in [3.8, 4) is 0 Å². The first-order valence-corrected chi connectivity index (χ1v) is 4.20. The molecule has 72 valence electrons. The van der Waals surface area contributed by atoms with E-state index in [0.29, 0.717) is 11.2 Å². The van der Waals surface area contributed by atoms with Crippen LogP contribution in [0.4, 0.5) is 0 Å². The Morgan fingerprint density at radius 3 is 2.64 bits per heavy atom. The molecule has 0 saturated carbocycles. The van der Waals surface area contributed by atoms with Gasteiger partial charge < -0.3 is 14.8 Å². The van der Waals surface area contributed by atoms with Gasteiger partial charge in [0.1, 0.15) is 7.85 Å². The van der Waals surface area contributed by atoms with Gasteiger partial charge in [-0.15, -0.1) is 0 Å². The molecular formula is C8H11B2NO3. The molecular weight excluding hydrogens is 180 g/mol. The van der Waals surface area contributed by atoms with E-state index in [1.807, 2.05) is 6.92 Å². The monoisotopic (exact) mass is 191 g/mol. The predicted molar refractivity (Wildman–Crippen MR) is 54.9 cm³/mol. The summed E-state index contributed by atoms with van der Waals surface area (Å²) < 4.78 is 5.05. The minimum atomic E-state index is -1.54. The van der Waals surface area contributed by atoms with Gasteiger partial charge in [-0.2, -0.15) is 0 Å². The molecule has 0 aliphatic heterocycles. The number of methoxy groups -OCH3 is 1. The zero-order valence-electron chi connectivity index (χ0n) is 8.14. The van der Waals surface area contributed by atoms with Crippen LogP contribution in [-0.2, 0) is 4.74 Å². The van der Waals surface area contributed by atoms with Crippen LogP contribution in [0.15, 0.2) is 12.3 Å². The van der Waals surface area contributed by atoms with E-state index >= 15 is 0 Å². The molecule has 0 amide bonds. The lowest BCUT2D eigenvalue weighted by molar-refractivity contribution is 0.117. The van der Waals surface area contributed by atoms with Crippen LogP contribution in [0, 0.1) is 0 Å². The molecule has 0 aromatic carbocycles. The van der Waals surface area contributed by atoms with E-state index < -0.39 is 7.12 Å². The minimum Gasteiger partial charge on any atom is -0.423 e. The van der Waals surface area contributed by atoms with Gasteiger partial charge in [-0.1, -0.05) is 11.5 Å². The van der Waals surface area contributed by atoms with Gasteiger partial charge in [0.2, 0.25) is 0 Å². The van der Waals surface area contributed by atoms with Crippen LogP contribution >= 0.6 is 0 Å². The van der Waals surface area contributed by atoms with Crippen LogP contribution in [0.5, 0.6) is 0 Å². The summed E-state index contributed by atoms with van der Waals surface area (Å²) in [5.74, 6) is 0. The third kappa shape index (κ3) is 2.35. The third-order valence-corrected chi connectivity index (χ3v) is 2.01. The molecule has 1 aromatic heterocycles. The lowest BCUT2D eigenvalue weighted by Crippen LogP contribution is -2.34. The van der Waals surface area contributed by atoms with Crippen LogP contribution in [0.1, 0.15) is 18.7 Å². The SMILES string of the molecule is [B]c1cc(B(O)O)cnc1C(C)OC. The van der Waals surface area contributed by atoms with E-state index in [2.05, 4.69) is 4.98 Å². The Morgan fingerprint density at radius 2 is 2.21 bits per heavy atom. The highest BCUT2D eigenvalue weighted by Crippen LogP contribution is 2.08. The summed E-state index contributed by atoms with van der Waals surface area (Å²) in [7, 11) is 5.68. The van der Waals surface area contributed by atoms with Gasteiger partial charge in [0.15, 0.2) is 0 Å². The fourth-order valence-electron chi connectivity index (χ4n) is 1.10. The number of nitrogens with zero attached hydrogens (tertiary/aromatic N) is 1. The zero-order valence-corrected chi connectivity index (χ0v) is 8.14. The number of ether oxygens (including phenoxy) is 1. The van der Waals surface area contributed by atoms with Gasteiger partial charge in [0.25, 0.3) is 0 Å². The van der Waals surface area contributed by atoms with Crippen molar-refractivity contribution in [1.29, 1.82) is 0 Å². The van der Waals surface area contributed by atoms with Crippen LogP contribution in [0.25, 0.3) is 0 Å². The predicted octanol–water partition coefficient (Wildman–Crippen LogP) is -1.74. The topological polar surface area (TPSA) is 62.6 Å². The van der Waals surface area contributed by atoms with E-state index in [4.69, 9.17) is 22.6 Å². The van der Waals surface area contributed by atoms with Crippen molar-refractivity contribution >= 4 is 25.9 Å². The third-order valence-electron chi connectivity index (χ3n) is 2.01. The molecule has 0 saturated heterocycles. The van der Waals surface area contributed by atoms with Gasteiger partial charge in [-0.25, -0.2) is 0 Å². The Balaban J connectivity index is 3.01. The number of hydrogen-bond donors (Lipinski definition) is 2. The second-order valence-corrected chi connectivity index (χ2v) is 2.99. The van der Waals surface area contributed by atoms with E-state index in [9.17, 15) is 0 Å². The number of pyridine rings is 1. The van der Waals surface area contributed by atoms with Crippen LogP contribution < -0.4 is 10.9 Å². The fourth-order valence-corrected chi connectivity index (χ4v) is 1.10. The number of rotatable bonds is 3. The van der Waals surface area contributed by atoms with Gasteiger partial charge in [-0.3, -0.25) is 4.98 Å². The smallest absolute Gasteiger partial charge is 0.423 e. The van der Waals surface area contributed by atoms with E-state index in [0.717, 1.165) is 0 Å². The van der Waals surface area contributed by atoms with Gasteiger partial charge in [0, 0.05) is 13.3 Å². The summed E-state index contributed by atoms with van der Waals surface area (Å²) in [6.07, 6.45) is 1.16. The van der Waals surface area contributed by atoms with Crippen molar-refractivity contribution in [2.45, 2.75) is 13.0 Å². The van der Waals surface area contributed by atoms with Crippen molar-refractivity contribution < 1.29 is 14.8 Å². The maximum atomic E-state index is 8.86. The fraction of sp³-hybridized carbons (Fsp3) is 0.375. The number of hydrogen-bond acceptors (Lipinski definition) is 4. The maximum Gasteiger partial charge on any atom is 0.489 e. The molecule has 0 fully saturated rings. The molecule has 1 unspecified atom stereocenters. The Morgan fingerprint density at radius 1 is 1.57 bits per heavy atom. The molecule has 4 nitrogen and oxygen atoms in total. The van der Waals surface area contributed by atoms with Crippen molar-refractivity contribution in [3.63, 3.8) is 0 Å². The first-order chi connectivity index (χ1) is 6.56. The van der Waals surface area contributed by atoms with E-state index in [-0.39, 0.29) is 11.6 Å². The largest absolute Gasteiger partial charge is 0.489 e. The van der Waals surface area contributed by atoms with Gasteiger partial charge in [0.05, 0.1) is 11.8 Å². The molecule has 0 aliphatic rings. The molecule has 14 heavy (non-hydrogen) atoms. The molecule has 1 atom stereocenters. The van der Waals surface area contributed by atoms with Crippen molar-refractivity contribution in [2.75, 3.05) is 7.11 Å². The summed E-state index contributed by atoms with van der Waals surface area (Å²) in [4.78, 5) is 4.00. The molecule has 1 aromatic rings. The van der Waals surface area contributed by atoms with Crippen molar-refractivity contribution in [3.05, 3.63) is 18.0 Å². The molecule has 0 aliphatic carbocycles. The second kappa shape index (κ2) is 4.59. The molecule has 2 N–H and O–H groups in total. The molecule has 1 rings (SSSR count). The van der Waals surface area contributed by atoms with E-state index in [1.54, 1.807) is 7.11 Å². The minimum absolute atomic E-state index is 0.208. The Kier molecular flexibility index (Phi) is 3.69. The molecule has 0 spiro atoms. The summed E-state index contributed by atoms with van der Waals surface area (Å²) in [5.41, 5.74) is 1.26. The maximum absolute atomic E-state index is 8.86. The molecule has 0 bridgehead atoms. The lowest BCUT2D eigenvalue weighted by Gasteiger charge is -2.12. The van der Waals surface area contributed by atoms with E-state index in [1.165, 1.54) is 12.3 Å². The van der Waals surface area contributed by atoms with Gasteiger partial charge >= 0.3 is 7.12 Å². The van der Waals surface area contributed by atoms with Crippen molar-refractivity contribution in [1.82, 2.24) is 4.98 Å². The molecule has 1 heterocycles. The highest BCUT2D eigenvalue weighted by Gasteiger charge is 2.14. The first-order valence-electron chi connectivity index (χ1n) is 4.20. The van der Waals surface area contributed by atoms with Gasteiger partial charge in [-0.05, 0) is 12.4 Å². The second-order valence-electron chi connectivity index (χ2n) is 2.99. The van der Waals surface area contributed by atoms with Crippen LogP contribution in [0.2, 0.25) is 0 Å². The quantitative estimate of drug-likeness (QED) is 0.556. The summed E-state index contributed by atoms with van der Waals surface area (Å²) in [5, 5.41) is 17.7. The normalized spacial score (nSPS) is 12.6. The Bertz CT molecular complexity index is 319. The Hall–Kier alpha value is -0.840. The highest BCUT2D eigenvalue weighted by molar-refractivity contribution is 6.59. The molecule has 6 heteroatoms.